The number of rotatable bonds is 5. The van der Waals surface area contributed by atoms with E-state index < -0.39 is 26.9 Å². The Kier molecular flexibility index (Phi) is 4.53. The molecule has 2 aromatic rings. The van der Waals surface area contributed by atoms with Crippen molar-refractivity contribution in [3.8, 4) is 0 Å². The van der Waals surface area contributed by atoms with Gasteiger partial charge in [-0.25, -0.2) is 13.1 Å². The van der Waals surface area contributed by atoms with Gasteiger partial charge in [-0.1, -0.05) is 48.5 Å². The highest BCUT2D eigenvalue weighted by atomic mass is 32.2. The van der Waals surface area contributed by atoms with E-state index in [4.69, 9.17) is 0 Å². The third kappa shape index (κ3) is 3.13. The fourth-order valence-corrected chi connectivity index (χ4v) is 5.36. The maximum atomic E-state index is 13.3. The van der Waals surface area contributed by atoms with Crippen molar-refractivity contribution in [1.29, 1.82) is 0 Å². The third-order valence-corrected chi connectivity index (χ3v) is 7.74. The van der Waals surface area contributed by atoms with Crippen molar-refractivity contribution in [1.82, 2.24) is 9.62 Å². The van der Waals surface area contributed by atoms with E-state index in [0.717, 1.165) is 18.4 Å². The molecule has 2 fully saturated rings. The summed E-state index contributed by atoms with van der Waals surface area (Å²) in [5.41, 5.74) is -0.248. The first-order valence-corrected chi connectivity index (χ1v) is 11.2. The molecule has 1 aliphatic carbocycles. The van der Waals surface area contributed by atoms with Gasteiger partial charge in [0, 0.05) is 6.54 Å². The van der Waals surface area contributed by atoms with Crippen LogP contribution in [0.15, 0.2) is 59.5 Å². The first-order chi connectivity index (χ1) is 13.7. The average Bonchev–Trinajstić information content (AvgIpc) is 3.49. The van der Waals surface area contributed by atoms with Crippen molar-refractivity contribution in [2.75, 3.05) is 6.54 Å². The largest absolute Gasteiger partial charge is 0.327 e. The molecular weight excluding hydrogens is 388 g/mol. The van der Waals surface area contributed by atoms with Crippen LogP contribution in [-0.4, -0.2) is 37.2 Å². The Labute approximate surface area is 171 Å². The molecule has 4 rings (SSSR count). The van der Waals surface area contributed by atoms with Crippen molar-refractivity contribution < 1.29 is 18.0 Å². The highest BCUT2D eigenvalue weighted by Gasteiger charge is 2.60. The summed E-state index contributed by atoms with van der Waals surface area (Å²) >= 11 is 0. The second-order valence-electron chi connectivity index (χ2n) is 8.13. The topological polar surface area (TPSA) is 83.6 Å². The monoisotopic (exact) mass is 412 g/mol. The van der Waals surface area contributed by atoms with E-state index in [9.17, 15) is 18.0 Å². The van der Waals surface area contributed by atoms with Gasteiger partial charge in [-0.05, 0) is 50.3 Å². The maximum absolute atomic E-state index is 13.3. The Bertz CT molecular complexity index is 1080. The Hall–Kier alpha value is -2.67. The molecule has 7 heteroatoms. The molecule has 2 aliphatic rings. The molecule has 6 nitrogen and oxygen atoms in total. The van der Waals surface area contributed by atoms with Crippen LogP contribution in [0.3, 0.4) is 0 Å². The summed E-state index contributed by atoms with van der Waals surface area (Å²) in [6.45, 7) is 3.76. The zero-order chi connectivity index (χ0) is 20.9. The lowest BCUT2D eigenvalue weighted by Crippen LogP contribution is -2.69. The second kappa shape index (κ2) is 6.69. The highest BCUT2D eigenvalue weighted by molar-refractivity contribution is 7.90. The van der Waals surface area contributed by atoms with Crippen LogP contribution in [0, 0.1) is 6.92 Å². The number of carbonyl (C=O) groups is 2. The number of sulfonamides is 1. The molecule has 1 unspecified atom stereocenters. The average molecular weight is 413 g/mol. The zero-order valence-corrected chi connectivity index (χ0v) is 17.3. The lowest BCUT2D eigenvalue weighted by Gasteiger charge is -2.50. The second-order valence-corrected chi connectivity index (χ2v) is 9.78. The number of likely N-dealkylation sites (tertiary alicyclic amines) is 1. The lowest BCUT2D eigenvalue weighted by atomic mass is 9.82. The summed E-state index contributed by atoms with van der Waals surface area (Å²) in [4.78, 5) is 27.9. The first-order valence-electron chi connectivity index (χ1n) is 9.71. The highest BCUT2D eigenvalue weighted by Crippen LogP contribution is 2.51. The molecular formula is C22H24N2O4S. The molecule has 0 radical (unpaired) electrons. The van der Waals surface area contributed by atoms with E-state index in [-0.39, 0.29) is 10.8 Å². The molecule has 0 spiro atoms. The minimum Gasteiger partial charge on any atom is -0.327 e. The van der Waals surface area contributed by atoms with Crippen molar-refractivity contribution in [3.63, 3.8) is 0 Å². The molecule has 152 valence electrons. The van der Waals surface area contributed by atoms with Crippen LogP contribution < -0.4 is 4.72 Å². The van der Waals surface area contributed by atoms with Crippen LogP contribution in [0.2, 0.25) is 0 Å². The number of hydrogen-bond acceptors (Lipinski definition) is 4. The molecule has 29 heavy (non-hydrogen) atoms. The molecule has 1 N–H and O–H groups in total. The molecule has 0 bridgehead atoms. The fourth-order valence-electron chi connectivity index (χ4n) is 4.03. The van der Waals surface area contributed by atoms with Gasteiger partial charge < -0.3 is 4.90 Å². The van der Waals surface area contributed by atoms with E-state index >= 15 is 0 Å². The van der Waals surface area contributed by atoms with E-state index in [1.807, 2.05) is 30.3 Å². The van der Waals surface area contributed by atoms with Gasteiger partial charge in [0.15, 0.2) is 0 Å². The molecule has 1 saturated carbocycles. The Morgan fingerprint density at radius 3 is 2.14 bits per heavy atom. The van der Waals surface area contributed by atoms with Crippen LogP contribution >= 0.6 is 0 Å². The van der Waals surface area contributed by atoms with Gasteiger partial charge in [0.05, 0.1) is 10.3 Å². The summed E-state index contributed by atoms with van der Waals surface area (Å²) in [5, 5.41) is 0. The predicted molar refractivity (Wildman–Crippen MR) is 109 cm³/mol. The first kappa shape index (κ1) is 19.6. The van der Waals surface area contributed by atoms with Crippen LogP contribution in [0.1, 0.15) is 37.3 Å². The molecule has 2 amide bonds. The van der Waals surface area contributed by atoms with E-state index in [1.165, 1.54) is 11.0 Å². The summed E-state index contributed by atoms with van der Waals surface area (Å²) in [6.07, 6.45) is 1.91. The Balaban J connectivity index is 1.55. The Morgan fingerprint density at radius 1 is 0.966 bits per heavy atom. The van der Waals surface area contributed by atoms with Crippen LogP contribution in [-0.2, 0) is 25.0 Å². The van der Waals surface area contributed by atoms with Crippen LogP contribution in [0.4, 0.5) is 0 Å². The zero-order valence-electron chi connectivity index (χ0n) is 16.5. The van der Waals surface area contributed by atoms with E-state index in [1.54, 1.807) is 32.0 Å². The molecule has 1 saturated heterocycles. The van der Waals surface area contributed by atoms with Crippen LogP contribution in [0.25, 0.3) is 0 Å². The van der Waals surface area contributed by atoms with Gasteiger partial charge in [0.2, 0.25) is 5.91 Å². The van der Waals surface area contributed by atoms with Gasteiger partial charge in [-0.3, -0.25) is 9.59 Å². The van der Waals surface area contributed by atoms with E-state index in [2.05, 4.69) is 4.72 Å². The fraction of sp³-hybridized carbons (Fsp3) is 0.364. The van der Waals surface area contributed by atoms with E-state index in [0.29, 0.717) is 18.5 Å². The standard InChI is InChI=1S/C22H24N2O4S/c1-16-8-6-7-11-18(16)29(27,28)23-19(25)21(2)14-15-24(21)20(26)22(12-13-22)17-9-4-3-5-10-17/h3-11H,12-15H2,1-2H3,(H,23,25). The third-order valence-electron chi connectivity index (χ3n) is 6.25. The van der Waals surface area contributed by atoms with Gasteiger partial charge in [0.25, 0.3) is 15.9 Å². The van der Waals surface area contributed by atoms with Gasteiger partial charge in [0.1, 0.15) is 5.54 Å². The van der Waals surface area contributed by atoms with Gasteiger partial charge in [-0.15, -0.1) is 0 Å². The summed E-state index contributed by atoms with van der Waals surface area (Å²) in [5.74, 6) is -0.759. The number of amides is 2. The van der Waals surface area contributed by atoms with Crippen molar-refractivity contribution in [2.45, 2.75) is 49.0 Å². The van der Waals surface area contributed by atoms with Crippen molar-refractivity contribution >= 4 is 21.8 Å². The number of hydrogen-bond donors (Lipinski definition) is 1. The lowest BCUT2D eigenvalue weighted by molar-refractivity contribution is -0.158. The number of carbonyl (C=O) groups excluding carboxylic acids is 2. The van der Waals surface area contributed by atoms with Crippen LogP contribution in [0.5, 0.6) is 0 Å². The molecule has 0 aromatic heterocycles. The van der Waals surface area contributed by atoms with Gasteiger partial charge >= 0.3 is 0 Å². The summed E-state index contributed by atoms with van der Waals surface area (Å²) in [7, 11) is -4.01. The molecule has 1 atom stereocenters. The SMILES string of the molecule is Cc1ccccc1S(=O)(=O)NC(=O)C1(C)CCN1C(=O)C1(c2ccccc2)CC1. The minimum absolute atomic E-state index is 0.0668. The Morgan fingerprint density at radius 2 is 1.59 bits per heavy atom. The predicted octanol–water partition coefficient (Wildman–Crippen LogP) is 2.52. The molecule has 2 aromatic carbocycles. The van der Waals surface area contributed by atoms with Gasteiger partial charge in [-0.2, -0.15) is 0 Å². The normalized spacial score (nSPS) is 22.5. The maximum Gasteiger partial charge on any atom is 0.264 e. The number of aryl methyl sites for hydroxylation is 1. The summed E-state index contributed by atoms with van der Waals surface area (Å²) in [6, 6.07) is 16.1. The number of benzene rings is 2. The minimum atomic E-state index is -4.01. The number of nitrogens with one attached hydrogen (secondary N) is 1. The van der Waals surface area contributed by atoms with Crippen molar-refractivity contribution in [3.05, 3.63) is 65.7 Å². The number of nitrogens with zero attached hydrogens (tertiary/aromatic N) is 1. The van der Waals surface area contributed by atoms with Crippen molar-refractivity contribution in [2.24, 2.45) is 0 Å². The smallest absolute Gasteiger partial charge is 0.264 e. The molecule has 1 aliphatic heterocycles. The quantitative estimate of drug-likeness (QED) is 0.818. The summed E-state index contributed by atoms with van der Waals surface area (Å²) < 4.78 is 27.6. The molecule has 1 heterocycles.